The van der Waals surface area contributed by atoms with Crippen molar-refractivity contribution in [3.8, 4) is 0 Å². The molecule has 2 amide bonds. The van der Waals surface area contributed by atoms with Crippen molar-refractivity contribution in [3.63, 3.8) is 0 Å². The molecule has 0 spiro atoms. The van der Waals surface area contributed by atoms with Gasteiger partial charge < -0.3 is 10.3 Å². The van der Waals surface area contributed by atoms with Gasteiger partial charge in [-0.15, -0.1) is 21.5 Å². The van der Waals surface area contributed by atoms with E-state index >= 15 is 0 Å². The predicted molar refractivity (Wildman–Crippen MR) is 98.7 cm³/mol. The maximum absolute atomic E-state index is 12.1. The van der Waals surface area contributed by atoms with E-state index in [1.807, 2.05) is 6.92 Å². The van der Waals surface area contributed by atoms with Crippen molar-refractivity contribution < 1.29 is 9.59 Å². The van der Waals surface area contributed by atoms with Crippen LogP contribution < -0.4 is 16.2 Å². The van der Waals surface area contributed by atoms with Crippen LogP contribution in [0.25, 0.3) is 0 Å². The molecular weight excluding hydrogens is 376 g/mol. The quantitative estimate of drug-likeness (QED) is 0.589. The number of nitrogens with one attached hydrogen (secondary N) is 3. The van der Waals surface area contributed by atoms with Gasteiger partial charge in [0.25, 0.3) is 11.5 Å². The van der Waals surface area contributed by atoms with Gasteiger partial charge in [0.15, 0.2) is 5.13 Å². The Morgan fingerprint density at radius 1 is 1.23 bits per heavy atom. The van der Waals surface area contributed by atoms with Crippen LogP contribution in [-0.4, -0.2) is 32.0 Å². The normalized spacial score (nSPS) is 10.5. The first-order chi connectivity index (χ1) is 12.5. The van der Waals surface area contributed by atoms with Crippen LogP contribution in [0.4, 0.5) is 10.3 Å². The second-order valence-electron chi connectivity index (χ2n) is 5.19. The standard InChI is InChI=1S/C15H14N6O3S2/c1-8-20-21-15(26-8)18-11(22)5-4-9-7-25-14(17-9)19-13(24)10-3-2-6-16-12(10)23/h2-3,6-7H,4-5H2,1H3,(H,16,23)(H,17,19,24)(H,18,21,22). The van der Waals surface area contributed by atoms with E-state index in [9.17, 15) is 14.4 Å². The van der Waals surface area contributed by atoms with Gasteiger partial charge in [0.2, 0.25) is 11.0 Å². The van der Waals surface area contributed by atoms with Crippen molar-refractivity contribution in [1.29, 1.82) is 0 Å². The van der Waals surface area contributed by atoms with Crippen LogP contribution in [0.5, 0.6) is 0 Å². The Bertz CT molecular complexity index is 993. The lowest BCUT2D eigenvalue weighted by molar-refractivity contribution is -0.116. The molecule has 3 rings (SSSR count). The molecule has 134 valence electrons. The lowest BCUT2D eigenvalue weighted by Gasteiger charge is -2.00. The Labute approximate surface area is 155 Å². The fraction of sp³-hybridized carbons (Fsp3) is 0.200. The number of aromatic amines is 1. The molecule has 0 saturated heterocycles. The first-order valence-electron chi connectivity index (χ1n) is 7.54. The Kier molecular flexibility index (Phi) is 5.49. The molecule has 0 atom stereocenters. The number of hydrogen-bond donors (Lipinski definition) is 3. The van der Waals surface area contributed by atoms with Crippen LogP contribution in [0.15, 0.2) is 28.5 Å². The summed E-state index contributed by atoms with van der Waals surface area (Å²) in [4.78, 5) is 42.3. The van der Waals surface area contributed by atoms with Crippen LogP contribution >= 0.6 is 22.7 Å². The van der Waals surface area contributed by atoms with Crippen molar-refractivity contribution in [2.75, 3.05) is 10.6 Å². The van der Waals surface area contributed by atoms with E-state index in [0.717, 1.165) is 5.01 Å². The monoisotopic (exact) mass is 390 g/mol. The Balaban J connectivity index is 1.53. The van der Waals surface area contributed by atoms with Crippen LogP contribution in [0.1, 0.15) is 27.5 Å². The topological polar surface area (TPSA) is 130 Å². The van der Waals surface area contributed by atoms with Crippen LogP contribution in [0.3, 0.4) is 0 Å². The van der Waals surface area contributed by atoms with Gasteiger partial charge in [-0.3, -0.25) is 19.7 Å². The van der Waals surface area contributed by atoms with E-state index in [1.165, 1.54) is 34.9 Å². The van der Waals surface area contributed by atoms with E-state index in [-0.39, 0.29) is 17.9 Å². The molecule has 0 bridgehead atoms. The molecule has 3 heterocycles. The van der Waals surface area contributed by atoms with Gasteiger partial charge in [0.05, 0.1) is 5.69 Å². The highest BCUT2D eigenvalue weighted by molar-refractivity contribution is 7.15. The first kappa shape index (κ1) is 17.9. The summed E-state index contributed by atoms with van der Waals surface area (Å²) in [6.07, 6.45) is 2.10. The van der Waals surface area contributed by atoms with Crippen molar-refractivity contribution in [2.24, 2.45) is 0 Å². The summed E-state index contributed by atoms with van der Waals surface area (Å²) >= 11 is 2.53. The molecule has 0 aliphatic carbocycles. The highest BCUT2D eigenvalue weighted by Gasteiger charge is 2.13. The van der Waals surface area contributed by atoms with Gasteiger partial charge in [-0.25, -0.2) is 4.98 Å². The zero-order chi connectivity index (χ0) is 18.5. The van der Waals surface area contributed by atoms with Gasteiger partial charge >= 0.3 is 0 Å². The van der Waals surface area contributed by atoms with Crippen molar-refractivity contribution >= 4 is 44.8 Å². The molecule has 9 nitrogen and oxygen atoms in total. The summed E-state index contributed by atoms with van der Waals surface area (Å²) in [6.45, 7) is 1.81. The number of thiazole rings is 1. The van der Waals surface area contributed by atoms with Crippen LogP contribution in [-0.2, 0) is 11.2 Å². The van der Waals surface area contributed by atoms with Crippen molar-refractivity contribution in [2.45, 2.75) is 19.8 Å². The molecular formula is C15H14N6O3S2. The van der Waals surface area contributed by atoms with Crippen LogP contribution in [0, 0.1) is 6.92 Å². The lowest BCUT2D eigenvalue weighted by Crippen LogP contribution is -2.22. The number of anilines is 2. The molecule has 0 aliphatic heterocycles. The van der Waals surface area contributed by atoms with E-state index in [4.69, 9.17) is 0 Å². The molecule has 3 aromatic rings. The summed E-state index contributed by atoms with van der Waals surface area (Å²) in [5.74, 6) is -0.715. The zero-order valence-electron chi connectivity index (χ0n) is 13.6. The number of pyridine rings is 1. The molecule has 3 aromatic heterocycles. The van der Waals surface area contributed by atoms with E-state index in [1.54, 1.807) is 11.4 Å². The summed E-state index contributed by atoms with van der Waals surface area (Å²) in [5.41, 5.74) is 0.220. The van der Waals surface area contributed by atoms with Gasteiger partial charge in [-0.05, 0) is 25.5 Å². The molecule has 0 unspecified atom stereocenters. The maximum Gasteiger partial charge on any atom is 0.263 e. The summed E-state index contributed by atoms with van der Waals surface area (Å²) in [6, 6.07) is 3.00. The number of amides is 2. The number of carbonyl (C=O) groups excluding carboxylic acids is 2. The van der Waals surface area contributed by atoms with Gasteiger partial charge in [-0.1, -0.05) is 11.3 Å². The Morgan fingerprint density at radius 2 is 2.08 bits per heavy atom. The fourth-order valence-electron chi connectivity index (χ4n) is 2.01. The second-order valence-corrected chi connectivity index (χ2v) is 7.23. The first-order valence-corrected chi connectivity index (χ1v) is 9.24. The SMILES string of the molecule is Cc1nnc(NC(=O)CCc2csc(NC(=O)c3ccc[nH]c3=O)n2)s1. The molecule has 0 radical (unpaired) electrons. The third kappa shape index (κ3) is 4.58. The number of carbonyl (C=O) groups is 2. The van der Waals surface area contributed by atoms with E-state index in [0.29, 0.717) is 22.4 Å². The average molecular weight is 390 g/mol. The Morgan fingerprint density at radius 3 is 2.81 bits per heavy atom. The van der Waals surface area contributed by atoms with Gasteiger partial charge in [0.1, 0.15) is 10.6 Å². The summed E-state index contributed by atoms with van der Waals surface area (Å²) < 4.78 is 0. The number of nitrogens with zero attached hydrogens (tertiary/aromatic N) is 3. The third-order valence-corrected chi connectivity index (χ3v) is 4.78. The molecule has 0 aromatic carbocycles. The molecule has 0 aliphatic rings. The smallest absolute Gasteiger partial charge is 0.263 e. The molecule has 11 heteroatoms. The number of aromatic nitrogens is 4. The van der Waals surface area contributed by atoms with Gasteiger partial charge in [-0.2, -0.15) is 0 Å². The third-order valence-electron chi connectivity index (χ3n) is 3.22. The number of hydrogen-bond acceptors (Lipinski definition) is 8. The number of aryl methyl sites for hydroxylation is 2. The minimum Gasteiger partial charge on any atom is -0.328 e. The van der Waals surface area contributed by atoms with E-state index in [2.05, 4.69) is 30.8 Å². The fourth-order valence-corrected chi connectivity index (χ4v) is 3.36. The number of H-pyrrole nitrogens is 1. The minimum absolute atomic E-state index is 0.0102. The molecule has 26 heavy (non-hydrogen) atoms. The minimum atomic E-state index is -0.530. The van der Waals surface area contributed by atoms with Gasteiger partial charge in [0, 0.05) is 18.0 Å². The Hall–Kier alpha value is -2.92. The average Bonchev–Trinajstić information content (AvgIpc) is 3.22. The lowest BCUT2D eigenvalue weighted by atomic mass is 10.2. The largest absolute Gasteiger partial charge is 0.328 e. The van der Waals surface area contributed by atoms with Crippen molar-refractivity contribution in [3.05, 3.63) is 50.3 Å². The number of rotatable bonds is 6. The zero-order valence-corrected chi connectivity index (χ0v) is 15.2. The van der Waals surface area contributed by atoms with E-state index < -0.39 is 11.5 Å². The highest BCUT2D eigenvalue weighted by atomic mass is 32.1. The maximum atomic E-state index is 12.1. The second kappa shape index (κ2) is 7.97. The molecule has 0 saturated carbocycles. The molecule has 0 fully saturated rings. The molecule has 3 N–H and O–H groups in total. The van der Waals surface area contributed by atoms with Crippen LogP contribution in [0.2, 0.25) is 0 Å². The highest BCUT2D eigenvalue weighted by Crippen LogP contribution is 2.18. The predicted octanol–water partition coefficient (Wildman–Crippen LogP) is 1.81. The summed E-state index contributed by atoms with van der Waals surface area (Å²) in [5, 5.41) is 16.3. The summed E-state index contributed by atoms with van der Waals surface area (Å²) in [7, 11) is 0. The van der Waals surface area contributed by atoms with Crippen molar-refractivity contribution in [1.82, 2.24) is 20.2 Å².